The number of carbonyl (C=O) groups is 2. The van der Waals surface area contributed by atoms with Gasteiger partial charge in [0.15, 0.2) is 9.84 Å². The first-order valence-corrected chi connectivity index (χ1v) is 12.0. The molecule has 3 aromatic rings. The van der Waals surface area contributed by atoms with Gasteiger partial charge < -0.3 is 19.5 Å². The summed E-state index contributed by atoms with van der Waals surface area (Å²) in [7, 11) is -2.50. The van der Waals surface area contributed by atoms with Crippen molar-refractivity contribution in [3.05, 3.63) is 54.7 Å². The first-order chi connectivity index (χ1) is 15.3. The molecule has 0 spiro atoms. The standard InChI is InChI=1S/C23H27N3O5S/c1-4-25(5-2)23(28)15-26-14-21(17-10-6-8-12-19(17)26)32(29,30)16-22(27)24-18-11-7-9-13-20(18)31-3/h6-14H,4-5,15-16H2,1-3H3,(H,24,27). The van der Waals surface area contributed by atoms with Crippen LogP contribution in [0.3, 0.4) is 0 Å². The van der Waals surface area contributed by atoms with Crippen LogP contribution < -0.4 is 10.1 Å². The summed E-state index contributed by atoms with van der Waals surface area (Å²) in [5, 5.41) is 3.07. The van der Waals surface area contributed by atoms with Crippen LogP contribution in [0.15, 0.2) is 59.6 Å². The molecule has 9 heteroatoms. The molecule has 0 aliphatic rings. The maximum atomic E-state index is 13.1. The van der Waals surface area contributed by atoms with E-state index in [1.807, 2.05) is 13.8 Å². The lowest BCUT2D eigenvalue weighted by Gasteiger charge is -2.19. The van der Waals surface area contributed by atoms with E-state index in [1.54, 1.807) is 58.0 Å². The van der Waals surface area contributed by atoms with Crippen LogP contribution in [0.5, 0.6) is 5.75 Å². The zero-order valence-electron chi connectivity index (χ0n) is 18.4. The fourth-order valence-corrected chi connectivity index (χ4v) is 4.97. The molecule has 0 aliphatic heterocycles. The number of ether oxygens (including phenoxy) is 1. The van der Waals surface area contributed by atoms with Crippen molar-refractivity contribution in [3.8, 4) is 5.75 Å². The number of fused-ring (bicyclic) bond motifs is 1. The average molecular weight is 458 g/mol. The van der Waals surface area contributed by atoms with Crippen LogP contribution in [0.25, 0.3) is 10.9 Å². The minimum atomic E-state index is -3.97. The summed E-state index contributed by atoms with van der Waals surface area (Å²) in [5.74, 6) is -1.08. The average Bonchev–Trinajstić information content (AvgIpc) is 3.14. The number of nitrogens with zero attached hydrogens (tertiary/aromatic N) is 2. The zero-order chi connectivity index (χ0) is 23.3. The highest BCUT2D eigenvalue weighted by atomic mass is 32.2. The number of rotatable bonds is 9. The third-order valence-corrected chi connectivity index (χ3v) is 6.85. The molecule has 3 rings (SSSR count). The van der Waals surface area contributed by atoms with Gasteiger partial charge in [0.2, 0.25) is 11.8 Å². The molecule has 1 aromatic heterocycles. The normalized spacial score (nSPS) is 11.3. The summed E-state index contributed by atoms with van der Waals surface area (Å²) >= 11 is 0. The lowest BCUT2D eigenvalue weighted by Crippen LogP contribution is -2.33. The van der Waals surface area contributed by atoms with Crippen LogP contribution in [0.4, 0.5) is 5.69 Å². The maximum absolute atomic E-state index is 13.1. The molecule has 1 N–H and O–H groups in total. The van der Waals surface area contributed by atoms with Crippen molar-refractivity contribution < 1.29 is 22.7 Å². The molecule has 0 atom stereocenters. The van der Waals surface area contributed by atoms with Gasteiger partial charge in [0, 0.05) is 30.2 Å². The minimum absolute atomic E-state index is 0.0190. The predicted molar refractivity (Wildman–Crippen MR) is 124 cm³/mol. The summed E-state index contributed by atoms with van der Waals surface area (Å²) in [6.45, 7) is 4.95. The summed E-state index contributed by atoms with van der Waals surface area (Å²) in [4.78, 5) is 26.9. The van der Waals surface area contributed by atoms with E-state index < -0.39 is 21.5 Å². The smallest absolute Gasteiger partial charge is 0.242 e. The Balaban J connectivity index is 1.89. The highest BCUT2D eigenvalue weighted by Crippen LogP contribution is 2.27. The Bertz CT molecular complexity index is 1230. The van der Waals surface area contributed by atoms with Gasteiger partial charge in [0.05, 0.1) is 17.7 Å². The number of benzene rings is 2. The molecule has 170 valence electrons. The van der Waals surface area contributed by atoms with Gasteiger partial charge in [0.25, 0.3) is 0 Å². The van der Waals surface area contributed by atoms with E-state index in [0.717, 1.165) is 0 Å². The molecule has 8 nitrogen and oxygen atoms in total. The number of hydrogen-bond acceptors (Lipinski definition) is 5. The van der Waals surface area contributed by atoms with E-state index in [1.165, 1.54) is 13.3 Å². The fourth-order valence-electron chi connectivity index (χ4n) is 3.60. The SMILES string of the molecule is CCN(CC)C(=O)Cn1cc(S(=O)(=O)CC(=O)Nc2ccccc2OC)c2ccccc21. The number of nitrogens with one attached hydrogen (secondary N) is 1. The molecule has 0 aliphatic carbocycles. The topological polar surface area (TPSA) is 97.7 Å². The lowest BCUT2D eigenvalue weighted by molar-refractivity contribution is -0.131. The molecular weight excluding hydrogens is 430 g/mol. The number of hydrogen-bond donors (Lipinski definition) is 1. The van der Waals surface area contributed by atoms with Crippen molar-refractivity contribution in [2.45, 2.75) is 25.3 Å². The highest BCUT2D eigenvalue weighted by Gasteiger charge is 2.25. The molecule has 0 radical (unpaired) electrons. The van der Waals surface area contributed by atoms with Gasteiger partial charge in [-0.2, -0.15) is 0 Å². The molecule has 0 saturated heterocycles. The number of sulfone groups is 1. The van der Waals surface area contributed by atoms with Crippen molar-refractivity contribution in [2.75, 3.05) is 31.3 Å². The second-order valence-corrected chi connectivity index (χ2v) is 9.17. The van der Waals surface area contributed by atoms with Crippen molar-refractivity contribution >= 4 is 38.2 Å². The second-order valence-electron chi connectivity index (χ2n) is 7.21. The number of likely N-dealkylation sites (N-methyl/N-ethyl adjacent to an activating group) is 1. The quantitative estimate of drug-likeness (QED) is 0.533. The van der Waals surface area contributed by atoms with Gasteiger partial charge in [-0.1, -0.05) is 30.3 Å². The molecule has 2 aromatic carbocycles. The first-order valence-electron chi connectivity index (χ1n) is 10.3. The summed E-state index contributed by atoms with van der Waals surface area (Å²) in [6, 6.07) is 13.7. The zero-order valence-corrected chi connectivity index (χ0v) is 19.2. The third-order valence-electron chi connectivity index (χ3n) is 5.21. The van der Waals surface area contributed by atoms with Crippen molar-refractivity contribution in [1.82, 2.24) is 9.47 Å². The van der Waals surface area contributed by atoms with E-state index in [-0.39, 0.29) is 17.3 Å². The molecular formula is C23H27N3O5S. The van der Waals surface area contributed by atoms with Gasteiger partial charge in [-0.15, -0.1) is 0 Å². The van der Waals surface area contributed by atoms with Crippen LogP contribution in [-0.2, 0) is 26.0 Å². The van der Waals surface area contributed by atoms with E-state index in [0.29, 0.717) is 35.4 Å². The number of methoxy groups -OCH3 is 1. The van der Waals surface area contributed by atoms with Crippen molar-refractivity contribution in [1.29, 1.82) is 0 Å². The van der Waals surface area contributed by atoms with Crippen LogP contribution in [0, 0.1) is 0 Å². The predicted octanol–water partition coefficient (Wildman–Crippen LogP) is 2.93. The van der Waals surface area contributed by atoms with Crippen LogP contribution >= 0.6 is 0 Å². The molecule has 0 bridgehead atoms. The number of para-hydroxylation sites is 3. The molecule has 0 unspecified atom stereocenters. The lowest BCUT2D eigenvalue weighted by atomic mass is 10.2. The number of anilines is 1. The highest BCUT2D eigenvalue weighted by molar-refractivity contribution is 7.92. The van der Waals surface area contributed by atoms with Gasteiger partial charge in [-0.05, 0) is 32.0 Å². The third kappa shape index (κ3) is 4.94. The van der Waals surface area contributed by atoms with E-state index in [9.17, 15) is 18.0 Å². The largest absolute Gasteiger partial charge is 0.495 e. The van der Waals surface area contributed by atoms with Gasteiger partial charge in [-0.3, -0.25) is 9.59 Å². The Hall–Kier alpha value is -3.33. The van der Waals surface area contributed by atoms with Crippen LogP contribution in [-0.4, -0.2) is 55.7 Å². The number of aromatic nitrogens is 1. The number of amides is 2. The molecule has 0 saturated carbocycles. The van der Waals surface area contributed by atoms with Gasteiger partial charge in [0.1, 0.15) is 18.0 Å². The Morgan fingerprint density at radius 3 is 2.38 bits per heavy atom. The van der Waals surface area contributed by atoms with E-state index >= 15 is 0 Å². The van der Waals surface area contributed by atoms with Crippen molar-refractivity contribution in [3.63, 3.8) is 0 Å². The van der Waals surface area contributed by atoms with Gasteiger partial charge in [-0.25, -0.2) is 8.42 Å². The fraction of sp³-hybridized carbons (Fsp3) is 0.304. The number of carbonyl (C=O) groups excluding carboxylic acids is 2. The second kappa shape index (κ2) is 9.86. The van der Waals surface area contributed by atoms with Crippen LogP contribution in [0.1, 0.15) is 13.8 Å². The maximum Gasteiger partial charge on any atom is 0.242 e. The first kappa shape index (κ1) is 23.3. The van der Waals surface area contributed by atoms with Crippen molar-refractivity contribution in [2.24, 2.45) is 0 Å². The molecule has 32 heavy (non-hydrogen) atoms. The summed E-state index contributed by atoms with van der Waals surface area (Å²) in [5.41, 5.74) is 1.01. The van der Waals surface area contributed by atoms with Crippen LogP contribution in [0.2, 0.25) is 0 Å². The minimum Gasteiger partial charge on any atom is -0.495 e. The summed E-state index contributed by atoms with van der Waals surface area (Å²) < 4.78 is 33.1. The molecule has 2 amide bonds. The van der Waals surface area contributed by atoms with Gasteiger partial charge >= 0.3 is 0 Å². The Morgan fingerprint density at radius 2 is 1.69 bits per heavy atom. The Kier molecular flexibility index (Phi) is 7.19. The monoisotopic (exact) mass is 457 g/mol. The molecule has 0 fully saturated rings. The Labute approximate surface area is 187 Å². The van der Waals surface area contributed by atoms with E-state index in [4.69, 9.17) is 4.74 Å². The Morgan fingerprint density at radius 1 is 1.03 bits per heavy atom. The van der Waals surface area contributed by atoms with E-state index in [2.05, 4.69) is 5.32 Å². The summed E-state index contributed by atoms with van der Waals surface area (Å²) in [6.07, 6.45) is 1.44. The molecule has 1 heterocycles.